The molecule has 4 heteroatoms. The molecule has 0 bridgehead atoms. The van der Waals surface area contributed by atoms with E-state index in [0.29, 0.717) is 0 Å². The Hall–Kier alpha value is -1.58. The molecule has 0 saturated heterocycles. The summed E-state index contributed by atoms with van der Waals surface area (Å²) in [6.07, 6.45) is -0.153. The normalized spacial score (nSPS) is 10.1. The Balaban J connectivity index is 2.86. The molecule has 15 heavy (non-hydrogen) atoms. The largest absolute Gasteiger partial charge is 0.300 e. The van der Waals surface area contributed by atoms with Crippen LogP contribution in [0.15, 0.2) is 18.2 Å². The highest BCUT2D eigenvalue weighted by Gasteiger charge is 2.16. The highest BCUT2D eigenvalue weighted by molar-refractivity contribution is 5.98. The molecule has 0 aliphatic carbocycles. The van der Waals surface area contributed by atoms with Crippen LogP contribution >= 0.6 is 0 Å². The van der Waals surface area contributed by atoms with E-state index in [1.54, 1.807) is 0 Å². The summed E-state index contributed by atoms with van der Waals surface area (Å²) >= 11 is 0. The number of rotatable bonds is 4. The van der Waals surface area contributed by atoms with Crippen LogP contribution in [0.5, 0.6) is 0 Å². The van der Waals surface area contributed by atoms with Crippen molar-refractivity contribution in [2.75, 3.05) is 0 Å². The molecular formula is C11H10F2O2. The second kappa shape index (κ2) is 4.77. The van der Waals surface area contributed by atoms with Crippen molar-refractivity contribution < 1.29 is 18.4 Å². The second-order valence-electron chi connectivity index (χ2n) is 3.22. The maximum absolute atomic E-state index is 13.1. The Morgan fingerprint density at radius 3 is 2.13 bits per heavy atom. The number of benzene rings is 1. The third-order valence-corrected chi connectivity index (χ3v) is 1.95. The van der Waals surface area contributed by atoms with Crippen molar-refractivity contribution in [3.8, 4) is 0 Å². The standard InChI is InChI=1S/C11H10F2O2/c1-7(14)5-6-10(15)11-8(12)3-2-4-9(11)13/h2-4H,5-6H2,1H3. The zero-order valence-corrected chi connectivity index (χ0v) is 8.22. The molecule has 1 aromatic rings. The number of ketones is 2. The van der Waals surface area contributed by atoms with E-state index in [1.165, 1.54) is 13.0 Å². The lowest BCUT2D eigenvalue weighted by Crippen LogP contribution is -2.07. The summed E-state index contributed by atoms with van der Waals surface area (Å²) in [5.41, 5.74) is -0.557. The van der Waals surface area contributed by atoms with Crippen LogP contribution in [0.25, 0.3) is 0 Å². The van der Waals surface area contributed by atoms with E-state index in [-0.39, 0.29) is 18.6 Å². The molecule has 0 saturated carbocycles. The van der Waals surface area contributed by atoms with Gasteiger partial charge in [-0.15, -0.1) is 0 Å². The van der Waals surface area contributed by atoms with Gasteiger partial charge in [0, 0.05) is 12.8 Å². The number of carbonyl (C=O) groups excluding carboxylic acids is 2. The first kappa shape index (κ1) is 11.5. The van der Waals surface area contributed by atoms with E-state index in [9.17, 15) is 18.4 Å². The molecule has 0 heterocycles. The van der Waals surface area contributed by atoms with Crippen molar-refractivity contribution in [2.24, 2.45) is 0 Å². The van der Waals surface area contributed by atoms with Gasteiger partial charge in [-0.25, -0.2) is 8.78 Å². The first-order valence-corrected chi connectivity index (χ1v) is 4.49. The van der Waals surface area contributed by atoms with Crippen LogP contribution in [0.3, 0.4) is 0 Å². The first-order valence-electron chi connectivity index (χ1n) is 4.49. The average Bonchev–Trinajstić information content (AvgIpc) is 2.14. The van der Waals surface area contributed by atoms with Gasteiger partial charge in [0.05, 0.1) is 5.56 Å². The highest BCUT2D eigenvalue weighted by atomic mass is 19.1. The minimum atomic E-state index is -0.886. The van der Waals surface area contributed by atoms with Gasteiger partial charge in [0.15, 0.2) is 5.78 Å². The van der Waals surface area contributed by atoms with Crippen molar-refractivity contribution in [3.63, 3.8) is 0 Å². The van der Waals surface area contributed by atoms with Crippen molar-refractivity contribution >= 4 is 11.6 Å². The van der Waals surface area contributed by atoms with E-state index < -0.39 is 23.0 Å². The number of halogens is 2. The van der Waals surface area contributed by atoms with Crippen molar-refractivity contribution in [3.05, 3.63) is 35.4 Å². The van der Waals surface area contributed by atoms with E-state index in [0.717, 1.165) is 12.1 Å². The van der Waals surface area contributed by atoms with Gasteiger partial charge in [0.2, 0.25) is 0 Å². The van der Waals surface area contributed by atoms with Crippen LogP contribution in [0, 0.1) is 11.6 Å². The molecule has 0 aromatic heterocycles. The Morgan fingerprint density at radius 2 is 1.67 bits per heavy atom. The summed E-state index contributed by atoms with van der Waals surface area (Å²) in [6.45, 7) is 1.32. The van der Waals surface area contributed by atoms with Crippen LogP contribution in [-0.2, 0) is 4.79 Å². The average molecular weight is 212 g/mol. The van der Waals surface area contributed by atoms with Gasteiger partial charge in [0.25, 0.3) is 0 Å². The molecule has 0 unspecified atom stereocenters. The van der Waals surface area contributed by atoms with Gasteiger partial charge in [-0.1, -0.05) is 6.07 Å². The van der Waals surface area contributed by atoms with E-state index >= 15 is 0 Å². The fraction of sp³-hybridized carbons (Fsp3) is 0.273. The fourth-order valence-corrected chi connectivity index (χ4v) is 1.18. The second-order valence-corrected chi connectivity index (χ2v) is 3.22. The molecule has 80 valence electrons. The summed E-state index contributed by atoms with van der Waals surface area (Å²) in [5.74, 6) is -2.63. The molecule has 0 amide bonds. The van der Waals surface area contributed by atoms with Gasteiger partial charge in [-0.3, -0.25) is 4.79 Å². The zero-order chi connectivity index (χ0) is 11.4. The third kappa shape index (κ3) is 2.94. The minimum Gasteiger partial charge on any atom is -0.300 e. The van der Waals surface area contributed by atoms with Gasteiger partial charge in [-0.2, -0.15) is 0 Å². The minimum absolute atomic E-state index is 0.00656. The van der Waals surface area contributed by atoms with Crippen LogP contribution in [0.4, 0.5) is 8.78 Å². The summed E-state index contributed by atoms with van der Waals surface area (Å²) in [6, 6.07) is 3.22. The molecule has 0 radical (unpaired) electrons. The lowest BCUT2D eigenvalue weighted by molar-refractivity contribution is -0.116. The monoisotopic (exact) mass is 212 g/mol. The molecule has 0 atom stereocenters. The fourth-order valence-electron chi connectivity index (χ4n) is 1.18. The van der Waals surface area contributed by atoms with E-state index in [1.807, 2.05) is 0 Å². The van der Waals surface area contributed by atoms with Gasteiger partial charge in [-0.05, 0) is 19.1 Å². The molecule has 0 spiro atoms. The van der Waals surface area contributed by atoms with Crippen LogP contribution in [-0.4, -0.2) is 11.6 Å². The highest BCUT2D eigenvalue weighted by Crippen LogP contribution is 2.14. The van der Waals surface area contributed by atoms with E-state index in [2.05, 4.69) is 0 Å². The Kier molecular flexibility index (Phi) is 3.66. The van der Waals surface area contributed by atoms with Crippen LogP contribution in [0.2, 0.25) is 0 Å². The SMILES string of the molecule is CC(=O)CCC(=O)c1c(F)cccc1F. The summed E-state index contributed by atoms with van der Waals surface area (Å²) in [7, 11) is 0. The maximum Gasteiger partial charge on any atom is 0.169 e. The molecule has 0 aliphatic heterocycles. The Morgan fingerprint density at radius 1 is 1.13 bits per heavy atom. The summed E-state index contributed by atoms with van der Waals surface area (Å²) in [4.78, 5) is 22.0. The Labute approximate surface area is 85.9 Å². The van der Waals surface area contributed by atoms with Crippen molar-refractivity contribution in [2.45, 2.75) is 19.8 Å². The maximum atomic E-state index is 13.1. The van der Waals surface area contributed by atoms with E-state index in [4.69, 9.17) is 0 Å². The molecule has 2 nitrogen and oxygen atoms in total. The predicted octanol–water partition coefficient (Wildman–Crippen LogP) is 2.52. The molecule has 0 N–H and O–H groups in total. The van der Waals surface area contributed by atoms with Gasteiger partial charge in [0.1, 0.15) is 17.4 Å². The molecule has 1 rings (SSSR count). The van der Waals surface area contributed by atoms with Crippen molar-refractivity contribution in [1.29, 1.82) is 0 Å². The first-order chi connectivity index (χ1) is 7.02. The zero-order valence-electron chi connectivity index (χ0n) is 8.22. The summed E-state index contributed by atoms with van der Waals surface area (Å²) in [5, 5.41) is 0. The molecule has 1 aromatic carbocycles. The number of hydrogen-bond acceptors (Lipinski definition) is 2. The molecular weight excluding hydrogens is 202 g/mol. The third-order valence-electron chi connectivity index (χ3n) is 1.95. The lowest BCUT2D eigenvalue weighted by atomic mass is 10.0. The van der Waals surface area contributed by atoms with Gasteiger partial charge >= 0.3 is 0 Å². The Bertz CT molecular complexity index is 379. The van der Waals surface area contributed by atoms with Crippen LogP contribution in [0.1, 0.15) is 30.1 Å². The quantitative estimate of drug-likeness (QED) is 0.718. The molecule has 0 aliphatic rings. The number of hydrogen-bond donors (Lipinski definition) is 0. The summed E-state index contributed by atoms with van der Waals surface area (Å²) < 4.78 is 26.2. The van der Waals surface area contributed by atoms with Crippen molar-refractivity contribution in [1.82, 2.24) is 0 Å². The predicted molar refractivity (Wildman–Crippen MR) is 50.6 cm³/mol. The van der Waals surface area contributed by atoms with Gasteiger partial charge < -0.3 is 4.79 Å². The topological polar surface area (TPSA) is 34.1 Å². The smallest absolute Gasteiger partial charge is 0.169 e. The van der Waals surface area contributed by atoms with Crippen LogP contribution < -0.4 is 0 Å². The number of Topliss-reactive ketones (excluding diaryl/α,β-unsaturated/α-hetero) is 2. The number of carbonyl (C=O) groups is 2. The lowest BCUT2D eigenvalue weighted by Gasteiger charge is -2.02. The molecule has 0 fully saturated rings.